The Labute approximate surface area is 155 Å². The third-order valence-corrected chi connectivity index (χ3v) is 5.72. The predicted molar refractivity (Wildman–Crippen MR) is 94.8 cm³/mol. The van der Waals surface area contributed by atoms with Gasteiger partial charge in [0, 0.05) is 13.7 Å². The number of rotatable bonds is 7. The Balaban J connectivity index is 1.73. The first kappa shape index (κ1) is 19.6. The lowest BCUT2D eigenvalue weighted by molar-refractivity contribution is -0.118. The first-order valence-corrected chi connectivity index (χ1v) is 9.44. The van der Waals surface area contributed by atoms with Gasteiger partial charge in [-0.05, 0) is 25.7 Å². The number of hydrogen-bond acceptors (Lipinski definition) is 6. The fourth-order valence-electron chi connectivity index (χ4n) is 4.28. The smallest absolute Gasteiger partial charge is 0.407 e. The molecule has 26 heavy (non-hydrogen) atoms. The molecule has 1 spiro atoms. The van der Waals surface area contributed by atoms with Gasteiger partial charge in [0.1, 0.15) is 29.5 Å². The van der Waals surface area contributed by atoms with Gasteiger partial charge in [0.2, 0.25) is 0 Å². The molecule has 2 heterocycles. The minimum atomic E-state index is -0.532. The summed E-state index contributed by atoms with van der Waals surface area (Å²) in [4.78, 5) is 11.9. The van der Waals surface area contributed by atoms with Crippen molar-refractivity contribution < 1.29 is 28.8 Å². The maximum Gasteiger partial charge on any atom is 0.407 e. The van der Waals surface area contributed by atoms with Gasteiger partial charge in [0.25, 0.3) is 0 Å². The number of allylic oxidation sites excluding steroid dienone is 1. The number of methoxy groups -OCH3 is 1. The summed E-state index contributed by atoms with van der Waals surface area (Å²) < 4.78 is 23.3. The van der Waals surface area contributed by atoms with Gasteiger partial charge in [-0.1, -0.05) is 26.0 Å². The molecule has 1 amide bonds. The molecule has 0 aromatic rings. The quantitative estimate of drug-likeness (QED) is 0.523. The van der Waals surface area contributed by atoms with E-state index in [0.717, 1.165) is 6.42 Å². The fraction of sp³-hybridized carbons (Fsp3) is 0.842. The van der Waals surface area contributed by atoms with Gasteiger partial charge in [-0.15, -0.1) is 0 Å². The Morgan fingerprint density at radius 2 is 2.19 bits per heavy atom. The van der Waals surface area contributed by atoms with Crippen molar-refractivity contribution in [3.8, 4) is 0 Å². The lowest BCUT2D eigenvalue weighted by Crippen LogP contribution is -2.56. The van der Waals surface area contributed by atoms with Crippen LogP contribution in [-0.2, 0) is 18.9 Å². The van der Waals surface area contributed by atoms with E-state index < -0.39 is 6.09 Å². The Morgan fingerprint density at radius 3 is 2.77 bits per heavy atom. The van der Waals surface area contributed by atoms with Crippen LogP contribution < -0.4 is 5.32 Å². The third kappa shape index (κ3) is 3.76. The maximum atomic E-state index is 11.9. The van der Waals surface area contributed by atoms with Crippen molar-refractivity contribution in [2.45, 2.75) is 63.1 Å². The molecule has 7 heteroatoms. The molecule has 1 aliphatic carbocycles. The summed E-state index contributed by atoms with van der Waals surface area (Å²) in [6.45, 7) is 7.10. The van der Waals surface area contributed by atoms with Gasteiger partial charge < -0.3 is 29.4 Å². The Kier molecular flexibility index (Phi) is 5.63. The van der Waals surface area contributed by atoms with Crippen LogP contribution in [0.25, 0.3) is 0 Å². The molecule has 7 nitrogen and oxygen atoms in total. The monoisotopic (exact) mass is 369 g/mol. The Bertz CT molecular complexity index is 546. The second-order valence-corrected chi connectivity index (χ2v) is 8.02. The number of nitrogens with one attached hydrogen (secondary N) is 1. The van der Waals surface area contributed by atoms with Crippen LogP contribution in [0.15, 0.2) is 12.2 Å². The van der Waals surface area contributed by atoms with E-state index in [0.29, 0.717) is 18.9 Å². The zero-order valence-corrected chi connectivity index (χ0v) is 16.1. The lowest BCUT2D eigenvalue weighted by atomic mass is 9.68. The number of aliphatic hydroxyl groups excluding tert-OH is 1. The normalized spacial score (nSPS) is 41.6. The van der Waals surface area contributed by atoms with Crippen LogP contribution in [0.1, 0.15) is 33.6 Å². The number of amides is 1. The van der Waals surface area contributed by atoms with Crippen LogP contribution in [0.4, 0.5) is 4.79 Å². The molecule has 0 aromatic carbocycles. The van der Waals surface area contributed by atoms with Crippen molar-refractivity contribution in [1.82, 2.24) is 5.32 Å². The molecule has 0 radical (unpaired) electrons. The van der Waals surface area contributed by atoms with Gasteiger partial charge in [-0.2, -0.15) is 0 Å². The molecule has 3 aliphatic rings. The fourth-order valence-corrected chi connectivity index (χ4v) is 4.28. The molecule has 1 saturated carbocycles. The number of hydrogen-bond donors (Lipinski definition) is 2. The van der Waals surface area contributed by atoms with Crippen molar-refractivity contribution in [2.75, 3.05) is 26.9 Å². The van der Waals surface area contributed by atoms with Gasteiger partial charge in [0.05, 0.1) is 19.1 Å². The molecule has 0 bridgehead atoms. The van der Waals surface area contributed by atoms with Crippen LogP contribution in [0.5, 0.6) is 0 Å². The Hall–Kier alpha value is -1.15. The molecule has 6 atom stereocenters. The average molecular weight is 369 g/mol. The second kappa shape index (κ2) is 7.46. The molecule has 3 fully saturated rings. The van der Waals surface area contributed by atoms with E-state index in [1.807, 2.05) is 0 Å². The van der Waals surface area contributed by atoms with Crippen LogP contribution in [0.3, 0.4) is 0 Å². The predicted octanol–water partition coefficient (Wildman–Crippen LogP) is 1.64. The molecule has 2 unspecified atom stereocenters. The molecular weight excluding hydrogens is 338 g/mol. The number of ether oxygens (including phenoxy) is 4. The number of carbonyl (C=O) groups excluding carboxylic acids is 1. The first-order chi connectivity index (χ1) is 12.4. The minimum absolute atomic E-state index is 0.00814. The lowest BCUT2D eigenvalue weighted by Gasteiger charge is -2.42. The van der Waals surface area contributed by atoms with E-state index in [2.05, 4.69) is 38.2 Å². The molecule has 148 valence electrons. The highest BCUT2D eigenvalue weighted by atomic mass is 16.6. The standard InChI is InChI=1S/C19H31NO6/c1-12(2)5-6-14-18(3,26-14)16-15(23-4)13(7-8-19(16)11-24-19)25-17(22)20-9-10-21/h5-6,12-16,21H,7-11H2,1-4H3,(H,20,22)/b6-5+/t13-,14-,15-,16?,18?,19+/m1/s1. The second-order valence-electron chi connectivity index (χ2n) is 8.02. The minimum Gasteiger partial charge on any atom is -0.443 e. The molecular formula is C19H31NO6. The van der Waals surface area contributed by atoms with Crippen LogP contribution in [0, 0.1) is 11.8 Å². The highest BCUT2D eigenvalue weighted by molar-refractivity contribution is 5.67. The van der Waals surface area contributed by atoms with Crippen LogP contribution >= 0.6 is 0 Å². The highest BCUT2D eigenvalue weighted by Gasteiger charge is 2.72. The molecule has 3 rings (SSSR count). The zero-order valence-electron chi connectivity index (χ0n) is 16.1. The first-order valence-electron chi connectivity index (χ1n) is 9.44. The van der Waals surface area contributed by atoms with Gasteiger partial charge in [-0.3, -0.25) is 0 Å². The molecule has 2 saturated heterocycles. The van der Waals surface area contributed by atoms with Crippen LogP contribution in [-0.4, -0.2) is 67.6 Å². The van der Waals surface area contributed by atoms with Crippen molar-refractivity contribution in [3.05, 3.63) is 12.2 Å². The van der Waals surface area contributed by atoms with E-state index in [1.165, 1.54) is 0 Å². The summed E-state index contributed by atoms with van der Waals surface area (Å²) in [6.07, 6.45) is 4.59. The summed E-state index contributed by atoms with van der Waals surface area (Å²) in [5.74, 6) is 0.455. The molecule has 2 aliphatic heterocycles. The number of carbonyl (C=O) groups is 1. The summed E-state index contributed by atoms with van der Waals surface area (Å²) in [5.41, 5.74) is -0.622. The zero-order chi connectivity index (χ0) is 18.9. The highest BCUT2D eigenvalue weighted by Crippen LogP contribution is 2.59. The number of epoxide rings is 2. The Morgan fingerprint density at radius 1 is 1.46 bits per heavy atom. The van der Waals surface area contributed by atoms with Gasteiger partial charge in [-0.25, -0.2) is 4.79 Å². The van der Waals surface area contributed by atoms with E-state index in [9.17, 15) is 4.79 Å². The maximum absolute atomic E-state index is 11.9. The number of aliphatic hydroxyl groups is 1. The molecule has 2 N–H and O–H groups in total. The number of alkyl carbamates (subject to hydrolysis) is 1. The SMILES string of the molecule is CO[C@H]1C(C2(C)O[C@@H]2/C=C/C(C)C)[C@]2(CC[C@H]1OC(=O)NCCO)CO2. The van der Waals surface area contributed by atoms with E-state index in [-0.39, 0.29) is 48.6 Å². The van der Waals surface area contributed by atoms with Crippen molar-refractivity contribution >= 4 is 6.09 Å². The van der Waals surface area contributed by atoms with Gasteiger partial charge >= 0.3 is 6.09 Å². The summed E-state index contributed by atoms with van der Waals surface area (Å²) in [6, 6.07) is 0. The van der Waals surface area contributed by atoms with Gasteiger partial charge in [0.15, 0.2) is 0 Å². The topological polar surface area (TPSA) is 92.9 Å². The van der Waals surface area contributed by atoms with E-state index >= 15 is 0 Å². The van der Waals surface area contributed by atoms with E-state index in [4.69, 9.17) is 24.1 Å². The van der Waals surface area contributed by atoms with Crippen LogP contribution in [0.2, 0.25) is 0 Å². The summed E-state index contributed by atoms with van der Waals surface area (Å²) in [5, 5.41) is 11.4. The van der Waals surface area contributed by atoms with Crippen molar-refractivity contribution in [1.29, 1.82) is 0 Å². The largest absolute Gasteiger partial charge is 0.443 e. The third-order valence-electron chi connectivity index (χ3n) is 5.72. The average Bonchev–Trinajstić information content (AvgIpc) is 3.50. The van der Waals surface area contributed by atoms with E-state index in [1.54, 1.807) is 7.11 Å². The van der Waals surface area contributed by atoms with Crippen molar-refractivity contribution in [2.24, 2.45) is 11.8 Å². The summed E-state index contributed by atoms with van der Waals surface area (Å²) >= 11 is 0. The van der Waals surface area contributed by atoms with Crippen molar-refractivity contribution in [3.63, 3.8) is 0 Å². The molecule has 0 aromatic heterocycles. The summed E-state index contributed by atoms with van der Waals surface area (Å²) in [7, 11) is 1.64.